The van der Waals surface area contributed by atoms with Crippen LogP contribution in [0.15, 0.2) is 47.1 Å². The van der Waals surface area contributed by atoms with E-state index in [-0.39, 0.29) is 0 Å². The molecule has 2 aromatic heterocycles. The van der Waals surface area contributed by atoms with Crippen LogP contribution in [-0.4, -0.2) is 15.1 Å². The maximum atomic E-state index is 5.63. The molecular formula is C14H12N4O. The van der Waals surface area contributed by atoms with Gasteiger partial charge in [0.25, 0.3) is 5.89 Å². The Kier molecular flexibility index (Phi) is 2.72. The van der Waals surface area contributed by atoms with Crippen molar-refractivity contribution in [2.24, 2.45) is 0 Å². The van der Waals surface area contributed by atoms with E-state index in [0.29, 0.717) is 17.5 Å². The summed E-state index contributed by atoms with van der Waals surface area (Å²) in [5.74, 6) is 1.42. The van der Waals surface area contributed by atoms with E-state index in [0.717, 1.165) is 11.1 Å². The predicted octanol–water partition coefficient (Wildman–Crippen LogP) is 2.69. The van der Waals surface area contributed by atoms with Gasteiger partial charge in [-0.15, -0.1) is 0 Å². The molecule has 0 bridgehead atoms. The number of nitrogens with zero attached hydrogens (tertiary/aromatic N) is 3. The van der Waals surface area contributed by atoms with E-state index in [2.05, 4.69) is 15.1 Å². The zero-order chi connectivity index (χ0) is 13.2. The molecule has 0 radical (unpaired) electrons. The number of aryl methyl sites for hydroxylation is 1. The fraction of sp³-hybridized carbons (Fsp3) is 0.0714. The van der Waals surface area contributed by atoms with E-state index in [1.807, 2.05) is 31.2 Å². The molecule has 0 saturated heterocycles. The minimum atomic E-state index is 0.424. The van der Waals surface area contributed by atoms with Crippen molar-refractivity contribution in [1.82, 2.24) is 15.1 Å². The zero-order valence-corrected chi connectivity index (χ0v) is 10.4. The summed E-state index contributed by atoms with van der Waals surface area (Å²) in [7, 11) is 0. The lowest BCUT2D eigenvalue weighted by atomic mass is 10.1. The molecule has 5 nitrogen and oxygen atoms in total. The Hall–Kier alpha value is -2.69. The van der Waals surface area contributed by atoms with Gasteiger partial charge in [-0.05, 0) is 19.1 Å². The molecule has 0 atom stereocenters. The first kappa shape index (κ1) is 11.4. The molecular weight excluding hydrogens is 240 g/mol. The molecule has 0 unspecified atom stereocenters. The molecule has 0 fully saturated rings. The fourth-order valence-electron chi connectivity index (χ4n) is 1.74. The van der Waals surface area contributed by atoms with E-state index >= 15 is 0 Å². The average molecular weight is 252 g/mol. The number of nitrogen functional groups attached to an aromatic ring is 1. The van der Waals surface area contributed by atoms with Crippen LogP contribution >= 0.6 is 0 Å². The third-order valence-electron chi connectivity index (χ3n) is 2.76. The number of hydrogen-bond donors (Lipinski definition) is 1. The summed E-state index contributed by atoms with van der Waals surface area (Å²) in [4.78, 5) is 8.29. The smallest absolute Gasteiger partial charge is 0.258 e. The zero-order valence-electron chi connectivity index (χ0n) is 10.4. The summed E-state index contributed by atoms with van der Waals surface area (Å²) < 4.78 is 5.25. The highest BCUT2D eigenvalue weighted by atomic mass is 16.5. The number of hydrogen-bond acceptors (Lipinski definition) is 5. The van der Waals surface area contributed by atoms with Crippen molar-refractivity contribution in [3.8, 4) is 22.8 Å². The van der Waals surface area contributed by atoms with Gasteiger partial charge in [0.05, 0.1) is 0 Å². The molecule has 19 heavy (non-hydrogen) atoms. The topological polar surface area (TPSA) is 77.8 Å². The van der Waals surface area contributed by atoms with Crippen molar-refractivity contribution >= 4 is 5.82 Å². The molecule has 0 amide bonds. The molecule has 5 heteroatoms. The van der Waals surface area contributed by atoms with E-state index in [1.54, 1.807) is 18.3 Å². The highest BCUT2D eigenvalue weighted by molar-refractivity contribution is 5.61. The Morgan fingerprint density at radius 1 is 1.05 bits per heavy atom. The van der Waals surface area contributed by atoms with E-state index in [4.69, 9.17) is 10.3 Å². The second-order valence-electron chi connectivity index (χ2n) is 4.26. The number of aromatic nitrogens is 3. The maximum absolute atomic E-state index is 5.63. The van der Waals surface area contributed by atoms with Crippen molar-refractivity contribution in [1.29, 1.82) is 0 Å². The first-order chi connectivity index (χ1) is 9.22. The van der Waals surface area contributed by atoms with Crippen molar-refractivity contribution in [3.05, 3.63) is 48.2 Å². The van der Waals surface area contributed by atoms with Crippen LogP contribution in [-0.2, 0) is 0 Å². The molecule has 0 aliphatic carbocycles. The second kappa shape index (κ2) is 4.53. The Bertz CT molecular complexity index is 703. The summed E-state index contributed by atoms with van der Waals surface area (Å²) in [6.45, 7) is 2.03. The summed E-state index contributed by atoms with van der Waals surface area (Å²) in [5.41, 5.74) is 8.50. The average Bonchev–Trinajstić information content (AvgIpc) is 2.89. The van der Waals surface area contributed by atoms with Gasteiger partial charge < -0.3 is 10.3 Å². The fourth-order valence-corrected chi connectivity index (χ4v) is 1.74. The third-order valence-corrected chi connectivity index (χ3v) is 2.76. The lowest BCUT2D eigenvalue weighted by Gasteiger charge is -1.95. The van der Waals surface area contributed by atoms with Crippen LogP contribution in [0.4, 0.5) is 5.82 Å². The van der Waals surface area contributed by atoms with Crippen LogP contribution in [0.1, 0.15) is 5.56 Å². The predicted molar refractivity (Wildman–Crippen MR) is 72.1 cm³/mol. The van der Waals surface area contributed by atoms with Crippen LogP contribution in [0.25, 0.3) is 22.8 Å². The van der Waals surface area contributed by atoms with Gasteiger partial charge in [-0.25, -0.2) is 4.98 Å². The largest absolute Gasteiger partial charge is 0.384 e. The van der Waals surface area contributed by atoms with Gasteiger partial charge in [-0.1, -0.05) is 35.0 Å². The maximum Gasteiger partial charge on any atom is 0.258 e. The Morgan fingerprint density at radius 3 is 2.58 bits per heavy atom. The minimum Gasteiger partial charge on any atom is -0.384 e. The van der Waals surface area contributed by atoms with Gasteiger partial charge in [-0.3, -0.25) is 0 Å². The van der Waals surface area contributed by atoms with Crippen molar-refractivity contribution in [3.63, 3.8) is 0 Å². The molecule has 2 N–H and O–H groups in total. The van der Waals surface area contributed by atoms with Gasteiger partial charge in [0, 0.05) is 17.3 Å². The highest BCUT2D eigenvalue weighted by Crippen LogP contribution is 2.22. The molecule has 0 aliphatic rings. The van der Waals surface area contributed by atoms with Gasteiger partial charge in [0.1, 0.15) is 5.82 Å². The van der Waals surface area contributed by atoms with Crippen LogP contribution in [0, 0.1) is 6.92 Å². The lowest BCUT2D eigenvalue weighted by Crippen LogP contribution is -1.89. The SMILES string of the molecule is Cc1ccc(-c2noc(-c3ccnc(N)c3)n2)cc1. The third kappa shape index (κ3) is 2.30. The number of nitrogens with two attached hydrogens (primary N) is 1. The van der Waals surface area contributed by atoms with Gasteiger partial charge in [-0.2, -0.15) is 4.98 Å². The van der Waals surface area contributed by atoms with E-state index in [1.165, 1.54) is 5.56 Å². The first-order valence-corrected chi connectivity index (χ1v) is 5.85. The highest BCUT2D eigenvalue weighted by Gasteiger charge is 2.10. The molecule has 0 spiro atoms. The number of rotatable bonds is 2. The summed E-state index contributed by atoms with van der Waals surface area (Å²) >= 11 is 0. The number of benzene rings is 1. The number of anilines is 1. The van der Waals surface area contributed by atoms with Crippen LogP contribution < -0.4 is 5.73 Å². The minimum absolute atomic E-state index is 0.424. The first-order valence-electron chi connectivity index (χ1n) is 5.85. The van der Waals surface area contributed by atoms with Crippen LogP contribution in [0.3, 0.4) is 0 Å². The molecule has 3 rings (SSSR count). The van der Waals surface area contributed by atoms with Crippen LogP contribution in [0.2, 0.25) is 0 Å². The summed E-state index contributed by atoms with van der Waals surface area (Å²) in [5, 5.41) is 3.97. The lowest BCUT2D eigenvalue weighted by molar-refractivity contribution is 0.432. The second-order valence-corrected chi connectivity index (χ2v) is 4.26. The number of pyridine rings is 1. The standard InChI is InChI=1S/C14H12N4O/c1-9-2-4-10(5-3-9)13-17-14(19-18-13)11-6-7-16-12(15)8-11/h2-8H,1H3,(H2,15,16). The molecule has 94 valence electrons. The Morgan fingerprint density at radius 2 is 1.84 bits per heavy atom. The van der Waals surface area contributed by atoms with Gasteiger partial charge >= 0.3 is 0 Å². The van der Waals surface area contributed by atoms with Crippen LogP contribution in [0.5, 0.6) is 0 Å². The van der Waals surface area contributed by atoms with Crippen molar-refractivity contribution in [2.45, 2.75) is 6.92 Å². The molecule has 2 heterocycles. The Labute approximate surface area is 110 Å². The Balaban J connectivity index is 1.97. The monoisotopic (exact) mass is 252 g/mol. The van der Waals surface area contributed by atoms with E-state index in [9.17, 15) is 0 Å². The normalized spacial score (nSPS) is 10.6. The molecule has 0 aliphatic heterocycles. The quantitative estimate of drug-likeness (QED) is 0.758. The molecule has 0 saturated carbocycles. The summed E-state index contributed by atoms with van der Waals surface area (Å²) in [6.07, 6.45) is 1.61. The van der Waals surface area contributed by atoms with E-state index < -0.39 is 0 Å². The molecule has 1 aromatic carbocycles. The van der Waals surface area contributed by atoms with Gasteiger partial charge in [0.2, 0.25) is 5.82 Å². The van der Waals surface area contributed by atoms with Crippen molar-refractivity contribution in [2.75, 3.05) is 5.73 Å². The van der Waals surface area contributed by atoms with Crippen molar-refractivity contribution < 1.29 is 4.52 Å². The summed E-state index contributed by atoms with van der Waals surface area (Å²) in [6, 6.07) is 11.4. The molecule has 3 aromatic rings. The van der Waals surface area contributed by atoms with Gasteiger partial charge in [0.15, 0.2) is 0 Å².